The van der Waals surface area contributed by atoms with Crippen LogP contribution in [-0.2, 0) is 4.74 Å². The van der Waals surface area contributed by atoms with Crippen molar-refractivity contribution in [3.63, 3.8) is 0 Å². The average molecular weight is 122 g/mol. The fraction of sp³-hybridized carbons (Fsp3) is 0.333. The first-order valence-electron chi connectivity index (χ1n) is 1.59. The summed E-state index contributed by atoms with van der Waals surface area (Å²) in [6.07, 6.45) is 0.956. The predicted molar refractivity (Wildman–Crippen MR) is 27.1 cm³/mol. The van der Waals surface area contributed by atoms with Gasteiger partial charge >= 0.3 is 6.09 Å². The number of hydrogen-bond acceptors (Lipinski definition) is 2. The van der Waals surface area contributed by atoms with E-state index in [9.17, 15) is 4.79 Å². The minimum absolute atomic E-state index is 0. The second kappa shape index (κ2) is 2.58. The lowest BCUT2D eigenvalue weighted by atomic mass is 10.8. The van der Waals surface area contributed by atoms with E-state index in [2.05, 4.69) is 9.73 Å². The molecule has 0 atom stereocenters. The molecule has 0 aromatic carbocycles. The molecule has 0 bridgehead atoms. The van der Waals surface area contributed by atoms with Crippen molar-refractivity contribution in [1.82, 2.24) is 0 Å². The van der Waals surface area contributed by atoms with Gasteiger partial charge in [0, 0.05) is 6.21 Å². The van der Waals surface area contributed by atoms with Gasteiger partial charge in [0.1, 0.15) is 6.61 Å². The molecule has 1 rings (SSSR count). The number of halogens is 1. The van der Waals surface area contributed by atoms with Crippen molar-refractivity contribution in [2.24, 2.45) is 4.99 Å². The largest absolute Gasteiger partial charge is 0.442 e. The van der Waals surface area contributed by atoms with Crippen molar-refractivity contribution in [2.75, 3.05) is 6.61 Å². The molecule has 0 N–H and O–H groups in total. The Labute approximate surface area is 46.8 Å². The number of hydrogen-bond donors (Lipinski definition) is 0. The smallest absolute Gasteiger partial charge is 0.433 e. The zero-order chi connectivity index (χ0) is 4.41. The van der Waals surface area contributed by atoms with Crippen LogP contribution in [0.5, 0.6) is 0 Å². The van der Waals surface area contributed by atoms with Crippen LogP contribution in [0.25, 0.3) is 0 Å². The molecule has 0 saturated carbocycles. The molecular formula is C3H4ClNO2. The number of cyclic esters (lactones) is 1. The van der Waals surface area contributed by atoms with Crippen LogP contribution in [0.2, 0.25) is 0 Å². The number of ether oxygens (including phenoxy) is 1. The fourth-order valence-corrected chi connectivity index (χ4v) is 0.258. The molecule has 1 aliphatic rings. The number of amides is 1. The van der Waals surface area contributed by atoms with E-state index < -0.39 is 6.09 Å². The van der Waals surface area contributed by atoms with E-state index >= 15 is 0 Å². The highest BCUT2D eigenvalue weighted by Gasteiger charge is 2.00. The van der Waals surface area contributed by atoms with E-state index in [4.69, 9.17) is 0 Å². The zero-order valence-electron chi connectivity index (χ0n) is 3.46. The summed E-state index contributed by atoms with van der Waals surface area (Å²) in [6.45, 7) is 0.346. The Morgan fingerprint density at radius 3 is 2.71 bits per heavy atom. The maximum atomic E-state index is 9.82. The molecular weight excluding hydrogens is 117 g/mol. The summed E-state index contributed by atoms with van der Waals surface area (Å²) in [5.74, 6) is 0. The first-order chi connectivity index (χ1) is 2.89. The number of nitrogens with zero attached hydrogens (tertiary/aromatic N) is 1. The monoisotopic (exact) mass is 121 g/mol. The van der Waals surface area contributed by atoms with Crippen LogP contribution in [0.15, 0.2) is 4.99 Å². The van der Waals surface area contributed by atoms with Crippen molar-refractivity contribution in [3.8, 4) is 0 Å². The Hall–Kier alpha value is -0.570. The molecule has 40 valence electrons. The Balaban J connectivity index is 0.000000360. The highest BCUT2D eigenvalue weighted by atomic mass is 35.5. The maximum Gasteiger partial charge on any atom is 0.433 e. The SMILES string of the molecule is Cl.O=C1N=CCO1. The van der Waals surface area contributed by atoms with Gasteiger partial charge < -0.3 is 4.74 Å². The van der Waals surface area contributed by atoms with Gasteiger partial charge in [-0.25, -0.2) is 4.79 Å². The number of aliphatic imine (C=N–C) groups is 1. The van der Waals surface area contributed by atoms with Crippen molar-refractivity contribution >= 4 is 24.7 Å². The molecule has 4 heteroatoms. The van der Waals surface area contributed by atoms with E-state index in [-0.39, 0.29) is 12.4 Å². The maximum absolute atomic E-state index is 9.82. The topological polar surface area (TPSA) is 38.7 Å². The van der Waals surface area contributed by atoms with Gasteiger partial charge in [-0.2, -0.15) is 4.99 Å². The number of carbonyl (C=O) groups excluding carboxylic acids is 1. The molecule has 0 aromatic heterocycles. The fourth-order valence-electron chi connectivity index (χ4n) is 0.258. The zero-order valence-corrected chi connectivity index (χ0v) is 4.27. The first-order valence-corrected chi connectivity index (χ1v) is 1.59. The lowest BCUT2D eigenvalue weighted by Gasteiger charge is -1.78. The third kappa shape index (κ3) is 1.55. The van der Waals surface area contributed by atoms with Crippen LogP contribution in [0, 0.1) is 0 Å². The summed E-state index contributed by atoms with van der Waals surface area (Å²) in [5, 5.41) is 0. The van der Waals surface area contributed by atoms with E-state index in [1.165, 1.54) is 6.21 Å². The van der Waals surface area contributed by atoms with Crippen LogP contribution in [-0.4, -0.2) is 18.9 Å². The molecule has 0 fully saturated rings. The van der Waals surface area contributed by atoms with Gasteiger partial charge in [0.2, 0.25) is 0 Å². The number of carbonyl (C=O) groups is 1. The standard InChI is InChI=1S/C3H3NO2.ClH/c5-3-4-1-2-6-3;/h1H,2H2;1H. The summed E-state index contributed by atoms with van der Waals surface area (Å²) in [7, 11) is 0. The summed E-state index contributed by atoms with van der Waals surface area (Å²) in [6, 6.07) is 0. The highest BCUT2D eigenvalue weighted by molar-refractivity contribution is 5.85. The molecule has 0 unspecified atom stereocenters. The molecule has 1 amide bonds. The lowest BCUT2D eigenvalue weighted by molar-refractivity contribution is 0.181. The quantitative estimate of drug-likeness (QED) is 0.472. The molecule has 0 aliphatic carbocycles. The van der Waals surface area contributed by atoms with Gasteiger partial charge in [-0.15, -0.1) is 12.4 Å². The lowest BCUT2D eigenvalue weighted by Crippen LogP contribution is -1.87. The molecule has 7 heavy (non-hydrogen) atoms. The van der Waals surface area contributed by atoms with Gasteiger partial charge in [0.15, 0.2) is 0 Å². The van der Waals surface area contributed by atoms with Crippen LogP contribution in [0.4, 0.5) is 4.79 Å². The first kappa shape index (κ1) is 6.43. The van der Waals surface area contributed by atoms with Crippen molar-refractivity contribution in [3.05, 3.63) is 0 Å². The molecule has 0 aromatic rings. The van der Waals surface area contributed by atoms with Gasteiger partial charge in [0.05, 0.1) is 0 Å². The minimum Gasteiger partial charge on any atom is -0.442 e. The highest BCUT2D eigenvalue weighted by Crippen LogP contribution is 1.86. The van der Waals surface area contributed by atoms with Crippen LogP contribution in [0.1, 0.15) is 0 Å². The molecule has 1 heterocycles. The van der Waals surface area contributed by atoms with Crippen LogP contribution < -0.4 is 0 Å². The molecule has 0 saturated heterocycles. The van der Waals surface area contributed by atoms with E-state index in [0.29, 0.717) is 6.61 Å². The van der Waals surface area contributed by atoms with Crippen LogP contribution >= 0.6 is 12.4 Å². The van der Waals surface area contributed by atoms with Crippen molar-refractivity contribution in [2.45, 2.75) is 0 Å². The predicted octanol–water partition coefficient (Wildman–Crippen LogP) is 0.629. The van der Waals surface area contributed by atoms with E-state index in [1.54, 1.807) is 0 Å². The van der Waals surface area contributed by atoms with Gasteiger partial charge in [-0.1, -0.05) is 0 Å². The Morgan fingerprint density at radius 2 is 2.57 bits per heavy atom. The van der Waals surface area contributed by atoms with Gasteiger partial charge in [-0.05, 0) is 0 Å². The Bertz CT molecular complexity index is 101. The molecule has 0 spiro atoms. The van der Waals surface area contributed by atoms with E-state index in [0.717, 1.165) is 0 Å². The van der Waals surface area contributed by atoms with Crippen molar-refractivity contribution in [1.29, 1.82) is 0 Å². The number of rotatable bonds is 0. The Kier molecular flexibility index (Phi) is 2.37. The molecule has 0 radical (unpaired) electrons. The van der Waals surface area contributed by atoms with Crippen molar-refractivity contribution < 1.29 is 9.53 Å². The van der Waals surface area contributed by atoms with Gasteiger partial charge in [-0.3, -0.25) is 0 Å². The van der Waals surface area contributed by atoms with Gasteiger partial charge in [0.25, 0.3) is 0 Å². The summed E-state index contributed by atoms with van der Waals surface area (Å²) >= 11 is 0. The Morgan fingerprint density at radius 1 is 1.86 bits per heavy atom. The van der Waals surface area contributed by atoms with E-state index in [1.807, 2.05) is 0 Å². The second-order valence-corrected chi connectivity index (χ2v) is 0.889. The normalized spacial score (nSPS) is 15.7. The second-order valence-electron chi connectivity index (χ2n) is 0.889. The summed E-state index contributed by atoms with van der Waals surface area (Å²) < 4.78 is 4.29. The average Bonchev–Trinajstić information content (AvgIpc) is 1.86. The molecule has 3 nitrogen and oxygen atoms in total. The third-order valence-electron chi connectivity index (χ3n) is 0.478. The minimum atomic E-state index is -0.477. The third-order valence-corrected chi connectivity index (χ3v) is 0.478. The van der Waals surface area contributed by atoms with Crippen LogP contribution in [0.3, 0.4) is 0 Å². The summed E-state index contributed by atoms with van der Waals surface area (Å²) in [4.78, 5) is 13.1. The molecule has 1 aliphatic heterocycles. The summed E-state index contributed by atoms with van der Waals surface area (Å²) in [5.41, 5.74) is 0.